The van der Waals surface area contributed by atoms with Gasteiger partial charge in [-0.15, -0.1) is 0 Å². The number of nitrogens with zero attached hydrogens (tertiary/aromatic N) is 1. The maximum atomic E-state index is 12.2. The molecule has 1 aliphatic heterocycles. The minimum Gasteiger partial charge on any atom is -0.395 e. The lowest BCUT2D eigenvalue weighted by Gasteiger charge is -2.48. The summed E-state index contributed by atoms with van der Waals surface area (Å²) in [4.78, 5) is 14.3. The van der Waals surface area contributed by atoms with Crippen molar-refractivity contribution in [2.45, 2.75) is 76.4 Å². The number of rotatable bonds is 6. The Balaban J connectivity index is 1.70. The highest BCUT2D eigenvalue weighted by Gasteiger charge is 2.42. The van der Waals surface area contributed by atoms with Gasteiger partial charge in [-0.25, -0.2) is 0 Å². The predicted molar refractivity (Wildman–Crippen MR) is 108 cm³/mol. The Bertz CT molecular complexity index is 683. The zero-order valence-electron chi connectivity index (χ0n) is 16.6. The molecule has 2 N–H and O–H groups in total. The molecule has 1 aromatic carbocycles. The van der Waals surface area contributed by atoms with Crippen molar-refractivity contribution in [2.24, 2.45) is 0 Å². The first-order chi connectivity index (χ1) is 13.1. The summed E-state index contributed by atoms with van der Waals surface area (Å²) in [5.74, 6) is 6.78. The molecule has 3 rings (SSSR count). The third-order valence-electron chi connectivity index (χ3n) is 5.96. The van der Waals surface area contributed by atoms with Crippen molar-refractivity contribution in [1.82, 2.24) is 10.2 Å². The maximum Gasteiger partial charge on any atom is 0.219 e. The first-order valence-corrected chi connectivity index (χ1v) is 10.4. The van der Waals surface area contributed by atoms with Gasteiger partial charge in [0, 0.05) is 49.5 Å². The van der Waals surface area contributed by atoms with Crippen LogP contribution in [0.3, 0.4) is 0 Å². The average molecular weight is 369 g/mol. The highest BCUT2D eigenvalue weighted by Crippen LogP contribution is 2.34. The van der Waals surface area contributed by atoms with Gasteiger partial charge in [0.25, 0.3) is 0 Å². The van der Waals surface area contributed by atoms with Crippen LogP contribution in [-0.2, 0) is 4.79 Å². The summed E-state index contributed by atoms with van der Waals surface area (Å²) in [6.45, 7) is 4.65. The minimum atomic E-state index is 0.0596. The molecule has 0 unspecified atom stereocenters. The first kappa shape index (κ1) is 19.9. The normalized spacial score (nSPS) is 24.8. The molecule has 0 aromatic heterocycles. The molecular formula is C23H32N2O2. The number of amides is 1. The van der Waals surface area contributed by atoms with Gasteiger partial charge in [0.2, 0.25) is 5.91 Å². The van der Waals surface area contributed by atoms with Gasteiger partial charge < -0.3 is 15.3 Å². The predicted octanol–water partition coefficient (Wildman–Crippen LogP) is 3.05. The van der Waals surface area contributed by atoms with Crippen LogP contribution < -0.4 is 5.32 Å². The molecule has 0 radical (unpaired) electrons. The number of unbranched alkanes of at least 4 members (excludes halogenated alkanes) is 1. The molecule has 146 valence electrons. The van der Waals surface area contributed by atoms with Crippen LogP contribution in [0.15, 0.2) is 24.3 Å². The van der Waals surface area contributed by atoms with Crippen LogP contribution in [0.25, 0.3) is 0 Å². The van der Waals surface area contributed by atoms with E-state index in [1.54, 1.807) is 6.92 Å². The topological polar surface area (TPSA) is 52.6 Å². The third-order valence-corrected chi connectivity index (χ3v) is 5.96. The molecule has 1 saturated carbocycles. The molecule has 0 bridgehead atoms. The van der Waals surface area contributed by atoms with Crippen molar-refractivity contribution in [1.29, 1.82) is 0 Å². The second-order valence-electron chi connectivity index (χ2n) is 7.87. The second-order valence-corrected chi connectivity index (χ2v) is 7.87. The molecule has 1 saturated heterocycles. The van der Waals surface area contributed by atoms with Gasteiger partial charge in [-0.3, -0.25) is 4.79 Å². The average Bonchev–Trinajstić information content (AvgIpc) is 3.17. The quantitative estimate of drug-likeness (QED) is 0.759. The van der Waals surface area contributed by atoms with E-state index in [4.69, 9.17) is 0 Å². The van der Waals surface area contributed by atoms with E-state index >= 15 is 0 Å². The van der Waals surface area contributed by atoms with E-state index < -0.39 is 0 Å². The molecule has 1 amide bonds. The summed E-state index contributed by atoms with van der Waals surface area (Å²) >= 11 is 0. The molecule has 1 aromatic rings. The number of aliphatic hydroxyl groups is 1. The maximum absolute atomic E-state index is 12.2. The number of nitrogens with one attached hydrogen (secondary N) is 1. The Morgan fingerprint density at radius 3 is 2.52 bits per heavy atom. The van der Waals surface area contributed by atoms with E-state index in [1.807, 2.05) is 0 Å². The molecule has 4 nitrogen and oxygen atoms in total. The summed E-state index contributed by atoms with van der Waals surface area (Å²) in [6, 6.07) is 9.04. The Labute approximate surface area is 163 Å². The van der Waals surface area contributed by atoms with E-state index in [0.29, 0.717) is 6.04 Å². The van der Waals surface area contributed by atoms with E-state index in [2.05, 4.69) is 53.2 Å². The molecule has 0 spiro atoms. The van der Waals surface area contributed by atoms with Crippen LogP contribution in [0.5, 0.6) is 0 Å². The zero-order chi connectivity index (χ0) is 19.2. The fraction of sp³-hybridized carbons (Fsp3) is 0.609. The fourth-order valence-corrected chi connectivity index (χ4v) is 4.48. The molecule has 3 atom stereocenters. The van der Waals surface area contributed by atoms with Crippen LogP contribution >= 0.6 is 0 Å². The number of carbonyl (C=O) groups excluding carboxylic acids is 1. The summed E-state index contributed by atoms with van der Waals surface area (Å²) in [7, 11) is 0. The molecular weight excluding hydrogens is 336 g/mol. The lowest BCUT2D eigenvalue weighted by Crippen LogP contribution is -2.65. The number of hydrogen-bond acceptors (Lipinski definition) is 3. The lowest BCUT2D eigenvalue weighted by atomic mass is 9.77. The lowest BCUT2D eigenvalue weighted by molar-refractivity contribution is -0.132. The number of benzene rings is 1. The Morgan fingerprint density at radius 1 is 1.22 bits per heavy atom. The van der Waals surface area contributed by atoms with Crippen LogP contribution in [0.1, 0.15) is 69.4 Å². The largest absolute Gasteiger partial charge is 0.395 e. The summed E-state index contributed by atoms with van der Waals surface area (Å²) in [5, 5.41) is 13.2. The highest BCUT2D eigenvalue weighted by atomic mass is 16.3. The van der Waals surface area contributed by atoms with E-state index in [-0.39, 0.29) is 30.5 Å². The smallest absolute Gasteiger partial charge is 0.219 e. The molecule has 4 heteroatoms. The van der Waals surface area contributed by atoms with Gasteiger partial charge in [0.05, 0.1) is 6.61 Å². The first-order valence-electron chi connectivity index (χ1n) is 10.4. The van der Waals surface area contributed by atoms with E-state index in [9.17, 15) is 9.90 Å². The standard InChI is InChI=1S/C23H32N2O2/c1-3-4-5-8-18-11-13-19(14-12-18)23-21(24-22(23)16-26)15-25(17(2)27)20-9-6-7-10-20/h11-14,20-24,26H,3-4,6-7,9-10,15-16H2,1-2H3/t21-,22-,23-/m1/s1. The van der Waals surface area contributed by atoms with Crippen molar-refractivity contribution in [3.63, 3.8) is 0 Å². The van der Waals surface area contributed by atoms with Crippen LogP contribution in [-0.4, -0.2) is 47.2 Å². The number of carbonyl (C=O) groups is 1. The van der Waals surface area contributed by atoms with Crippen molar-refractivity contribution in [3.05, 3.63) is 35.4 Å². The SMILES string of the molecule is CCCC#Cc1ccc([C@H]2[C@@H](CO)N[C@@H]2CN(C(C)=O)C2CCCC2)cc1. The fourth-order valence-electron chi connectivity index (χ4n) is 4.48. The molecule has 2 fully saturated rings. The summed E-state index contributed by atoms with van der Waals surface area (Å²) in [5.41, 5.74) is 2.25. The van der Waals surface area contributed by atoms with Crippen molar-refractivity contribution < 1.29 is 9.90 Å². The monoisotopic (exact) mass is 368 g/mol. The Hall–Kier alpha value is -1.83. The van der Waals surface area contributed by atoms with Crippen molar-refractivity contribution in [2.75, 3.05) is 13.2 Å². The van der Waals surface area contributed by atoms with Gasteiger partial charge in [-0.2, -0.15) is 0 Å². The van der Waals surface area contributed by atoms with Gasteiger partial charge in [-0.1, -0.05) is 43.7 Å². The second kappa shape index (κ2) is 9.39. The van der Waals surface area contributed by atoms with Gasteiger partial charge in [0.15, 0.2) is 0 Å². The minimum absolute atomic E-state index is 0.0596. The van der Waals surface area contributed by atoms with Gasteiger partial charge >= 0.3 is 0 Å². The summed E-state index contributed by atoms with van der Waals surface area (Å²) in [6.07, 6.45) is 6.67. The van der Waals surface area contributed by atoms with E-state index in [1.165, 1.54) is 18.4 Å². The third kappa shape index (κ3) is 4.72. The number of aliphatic hydroxyl groups excluding tert-OH is 1. The molecule has 1 heterocycles. The molecule has 2 aliphatic rings. The van der Waals surface area contributed by atoms with Crippen LogP contribution in [0, 0.1) is 11.8 Å². The zero-order valence-corrected chi connectivity index (χ0v) is 16.6. The van der Waals surface area contributed by atoms with Crippen LogP contribution in [0.4, 0.5) is 0 Å². The van der Waals surface area contributed by atoms with Crippen LogP contribution in [0.2, 0.25) is 0 Å². The van der Waals surface area contributed by atoms with E-state index in [0.717, 1.165) is 37.8 Å². The Morgan fingerprint density at radius 2 is 1.93 bits per heavy atom. The van der Waals surface area contributed by atoms with Crippen molar-refractivity contribution >= 4 is 5.91 Å². The highest BCUT2D eigenvalue weighted by molar-refractivity contribution is 5.73. The van der Waals surface area contributed by atoms with Gasteiger partial charge in [0.1, 0.15) is 0 Å². The van der Waals surface area contributed by atoms with Gasteiger partial charge in [-0.05, 0) is 37.0 Å². The molecule has 27 heavy (non-hydrogen) atoms. The Kier molecular flexibility index (Phi) is 6.93. The molecule has 1 aliphatic carbocycles. The van der Waals surface area contributed by atoms with Crippen molar-refractivity contribution in [3.8, 4) is 11.8 Å². The number of hydrogen-bond donors (Lipinski definition) is 2. The summed E-state index contributed by atoms with van der Waals surface area (Å²) < 4.78 is 0.